The molecule has 1 aromatic carbocycles. The number of nitrogen functional groups attached to an aromatic ring is 1. The number of pyridine rings is 1. The number of nitrogens with zero attached hydrogens (tertiary/aromatic N) is 1. The van der Waals surface area contributed by atoms with Crippen molar-refractivity contribution in [3.8, 4) is 0 Å². The molecule has 0 aliphatic rings. The number of benzene rings is 1. The second kappa shape index (κ2) is 6.72. The highest BCUT2D eigenvalue weighted by Gasteiger charge is 2.11. The summed E-state index contributed by atoms with van der Waals surface area (Å²) in [6, 6.07) is 9.09. The van der Waals surface area contributed by atoms with E-state index in [1.807, 2.05) is 25.1 Å². The average molecular weight is 348 g/mol. The Morgan fingerprint density at radius 1 is 1.38 bits per heavy atom. The summed E-state index contributed by atoms with van der Waals surface area (Å²) in [7, 11) is 0. The van der Waals surface area contributed by atoms with E-state index in [-0.39, 0.29) is 5.91 Å². The van der Waals surface area contributed by atoms with E-state index in [0.717, 1.165) is 34.3 Å². The summed E-state index contributed by atoms with van der Waals surface area (Å²) >= 11 is 3.45. The molecule has 0 aliphatic heterocycles. The molecule has 0 saturated heterocycles. The standard InChI is InChI=1S/C16H18BrN3O/c1-3-5-12-8-11(9-15(18)19-12)16(21)20-14-7-4-6-13(17)10(14)2/h4,6-9H,3,5H2,1-2H3,(H2,18,19)(H,20,21). The largest absolute Gasteiger partial charge is 0.384 e. The quantitative estimate of drug-likeness (QED) is 0.879. The molecule has 1 amide bonds. The number of anilines is 2. The number of nitrogens with one attached hydrogen (secondary N) is 1. The van der Waals surface area contributed by atoms with Gasteiger partial charge in [-0.1, -0.05) is 35.3 Å². The van der Waals surface area contributed by atoms with E-state index in [1.165, 1.54) is 0 Å². The van der Waals surface area contributed by atoms with Crippen LogP contribution in [0.1, 0.15) is 35.0 Å². The fourth-order valence-corrected chi connectivity index (χ4v) is 2.43. The zero-order valence-electron chi connectivity index (χ0n) is 12.1. The van der Waals surface area contributed by atoms with Crippen LogP contribution in [0.25, 0.3) is 0 Å². The molecule has 3 N–H and O–H groups in total. The minimum Gasteiger partial charge on any atom is -0.384 e. The van der Waals surface area contributed by atoms with Crippen molar-refractivity contribution in [2.24, 2.45) is 0 Å². The van der Waals surface area contributed by atoms with Gasteiger partial charge in [-0.3, -0.25) is 4.79 Å². The van der Waals surface area contributed by atoms with Gasteiger partial charge in [0.2, 0.25) is 0 Å². The molecule has 1 aromatic heterocycles. The third kappa shape index (κ3) is 3.82. The lowest BCUT2D eigenvalue weighted by molar-refractivity contribution is 0.102. The zero-order valence-corrected chi connectivity index (χ0v) is 13.7. The molecule has 0 unspecified atom stereocenters. The van der Waals surface area contributed by atoms with Gasteiger partial charge in [-0.25, -0.2) is 4.98 Å². The fraction of sp³-hybridized carbons (Fsp3) is 0.250. The highest BCUT2D eigenvalue weighted by atomic mass is 79.9. The van der Waals surface area contributed by atoms with Crippen LogP contribution in [0, 0.1) is 6.92 Å². The van der Waals surface area contributed by atoms with Gasteiger partial charge in [0.25, 0.3) is 5.91 Å². The lowest BCUT2D eigenvalue weighted by atomic mass is 10.1. The highest BCUT2D eigenvalue weighted by Crippen LogP contribution is 2.24. The fourth-order valence-electron chi connectivity index (χ4n) is 2.06. The summed E-state index contributed by atoms with van der Waals surface area (Å²) in [5, 5.41) is 2.91. The Kier molecular flexibility index (Phi) is 4.96. The highest BCUT2D eigenvalue weighted by molar-refractivity contribution is 9.10. The van der Waals surface area contributed by atoms with Crippen molar-refractivity contribution in [2.45, 2.75) is 26.7 Å². The Bertz CT molecular complexity index is 671. The molecule has 0 aliphatic carbocycles. The Morgan fingerprint density at radius 3 is 2.86 bits per heavy atom. The van der Waals surface area contributed by atoms with Crippen LogP contribution in [-0.2, 0) is 6.42 Å². The first-order valence-electron chi connectivity index (χ1n) is 6.84. The SMILES string of the molecule is CCCc1cc(C(=O)Nc2cccc(Br)c2C)cc(N)n1. The minimum atomic E-state index is -0.178. The van der Waals surface area contributed by atoms with Crippen LogP contribution in [0.3, 0.4) is 0 Å². The van der Waals surface area contributed by atoms with Crippen LogP contribution in [0.15, 0.2) is 34.8 Å². The topological polar surface area (TPSA) is 68.0 Å². The number of carbonyl (C=O) groups is 1. The minimum absolute atomic E-state index is 0.178. The number of amides is 1. The molecular formula is C16H18BrN3O. The van der Waals surface area contributed by atoms with Crippen molar-refractivity contribution < 1.29 is 4.79 Å². The number of aromatic nitrogens is 1. The predicted octanol–water partition coefficient (Wildman–Crippen LogP) is 3.94. The lowest BCUT2D eigenvalue weighted by Gasteiger charge is -2.11. The molecule has 0 saturated carbocycles. The number of aryl methyl sites for hydroxylation is 1. The van der Waals surface area contributed by atoms with Crippen molar-refractivity contribution in [1.82, 2.24) is 4.98 Å². The Balaban J connectivity index is 2.26. The normalized spacial score (nSPS) is 10.4. The van der Waals surface area contributed by atoms with Crippen molar-refractivity contribution in [3.63, 3.8) is 0 Å². The molecule has 0 bridgehead atoms. The van der Waals surface area contributed by atoms with Crippen LogP contribution in [0.4, 0.5) is 11.5 Å². The Hall–Kier alpha value is -1.88. The van der Waals surface area contributed by atoms with Gasteiger partial charge in [0, 0.05) is 21.4 Å². The second-order valence-electron chi connectivity index (χ2n) is 4.89. The molecule has 0 radical (unpaired) electrons. The van der Waals surface area contributed by atoms with E-state index in [2.05, 4.69) is 33.2 Å². The van der Waals surface area contributed by atoms with Crippen LogP contribution >= 0.6 is 15.9 Å². The molecule has 0 spiro atoms. The van der Waals surface area contributed by atoms with Gasteiger partial charge in [-0.05, 0) is 43.2 Å². The van der Waals surface area contributed by atoms with Gasteiger partial charge in [0.1, 0.15) is 5.82 Å². The first-order chi connectivity index (χ1) is 10.0. The zero-order chi connectivity index (χ0) is 15.4. The average Bonchev–Trinajstić information content (AvgIpc) is 2.43. The molecule has 110 valence electrons. The Labute approximate surface area is 132 Å². The van der Waals surface area contributed by atoms with Gasteiger partial charge >= 0.3 is 0 Å². The third-order valence-electron chi connectivity index (χ3n) is 3.18. The van der Waals surface area contributed by atoms with Gasteiger partial charge < -0.3 is 11.1 Å². The van der Waals surface area contributed by atoms with E-state index in [1.54, 1.807) is 12.1 Å². The monoisotopic (exact) mass is 347 g/mol. The Morgan fingerprint density at radius 2 is 2.14 bits per heavy atom. The lowest BCUT2D eigenvalue weighted by Crippen LogP contribution is -2.14. The molecule has 5 heteroatoms. The van der Waals surface area contributed by atoms with Crippen molar-refractivity contribution in [3.05, 3.63) is 51.6 Å². The van der Waals surface area contributed by atoms with Crippen LogP contribution < -0.4 is 11.1 Å². The van der Waals surface area contributed by atoms with Crippen molar-refractivity contribution in [1.29, 1.82) is 0 Å². The number of hydrogen-bond acceptors (Lipinski definition) is 3. The molecule has 0 fully saturated rings. The second-order valence-corrected chi connectivity index (χ2v) is 5.74. The summed E-state index contributed by atoms with van der Waals surface area (Å²) in [4.78, 5) is 16.6. The number of carbonyl (C=O) groups excluding carboxylic acids is 1. The van der Waals surface area contributed by atoms with E-state index in [9.17, 15) is 4.79 Å². The first-order valence-corrected chi connectivity index (χ1v) is 7.63. The van der Waals surface area contributed by atoms with E-state index in [0.29, 0.717) is 11.4 Å². The van der Waals surface area contributed by atoms with Crippen LogP contribution in [0.2, 0.25) is 0 Å². The molecule has 21 heavy (non-hydrogen) atoms. The smallest absolute Gasteiger partial charge is 0.255 e. The number of rotatable bonds is 4. The van der Waals surface area contributed by atoms with Crippen molar-refractivity contribution >= 4 is 33.3 Å². The summed E-state index contributed by atoms with van der Waals surface area (Å²) in [5.41, 5.74) is 8.92. The van der Waals surface area contributed by atoms with Gasteiger partial charge in [-0.15, -0.1) is 0 Å². The number of halogens is 1. The maximum absolute atomic E-state index is 12.4. The molecule has 1 heterocycles. The summed E-state index contributed by atoms with van der Waals surface area (Å²) in [6.07, 6.45) is 1.77. The van der Waals surface area contributed by atoms with Crippen molar-refractivity contribution in [2.75, 3.05) is 11.1 Å². The maximum atomic E-state index is 12.4. The van der Waals surface area contributed by atoms with E-state index < -0.39 is 0 Å². The predicted molar refractivity (Wildman–Crippen MR) is 89.5 cm³/mol. The first kappa shape index (κ1) is 15.5. The third-order valence-corrected chi connectivity index (χ3v) is 4.04. The van der Waals surface area contributed by atoms with Gasteiger partial charge in [0.05, 0.1) is 0 Å². The summed E-state index contributed by atoms with van der Waals surface area (Å²) in [5.74, 6) is 0.194. The molecule has 2 aromatic rings. The molecule has 4 nitrogen and oxygen atoms in total. The number of hydrogen-bond donors (Lipinski definition) is 2. The van der Waals surface area contributed by atoms with Gasteiger partial charge in [0.15, 0.2) is 0 Å². The van der Waals surface area contributed by atoms with E-state index >= 15 is 0 Å². The molecule has 2 rings (SSSR count). The number of nitrogens with two attached hydrogens (primary N) is 1. The molecule has 0 atom stereocenters. The van der Waals surface area contributed by atoms with Crippen LogP contribution in [-0.4, -0.2) is 10.9 Å². The maximum Gasteiger partial charge on any atom is 0.255 e. The summed E-state index contributed by atoms with van der Waals surface area (Å²) in [6.45, 7) is 4.01. The van der Waals surface area contributed by atoms with E-state index in [4.69, 9.17) is 5.73 Å². The van der Waals surface area contributed by atoms with Crippen LogP contribution in [0.5, 0.6) is 0 Å². The molecular weight excluding hydrogens is 330 g/mol. The van der Waals surface area contributed by atoms with Gasteiger partial charge in [-0.2, -0.15) is 0 Å². The summed E-state index contributed by atoms with van der Waals surface area (Å²) < 4.78 is 0.959.